The van der Waals surface area contributed by atoms with Crippen LogP contribution in [0.15, 0.2) is 28.8 Å². The highest BCUT2D eigenvalue weighted by molar-refractivity contribution is 5.96. The second kappa shape index (κ2) is 5.96. The first-order valence-corrected chi connectivity index (χ1v) is 6.14. The zero-order valence-corrected chi connectivity index (χ0v) is 11.3. The van der Waals surface area contributed by atoms with Crippen LogP contribution in [0.5, 0.6) is 0 Å². The van der Waals surface area contributed by atoms with Gasteiger partial charge in [-0.05, 0) is 19.1 Å². The van der Waals surface area contributed by atoms with Gasteiger partial charge in [0.05, 0.1) is 6.04 Å². The number of carbonyl (C=O) groups excluding carboxylic acids is 1. The van der Waals surface area contributed by atoms with E-state index in [2.05, 4.69) is 20.0 Å². The van der Waals surface area contributed by atoms with Crippen molar-refractivity contribution in [2.24, 2.45) is 0 Å². The number of hydrogen-bond acceptors (Lipinski definition) is 5. The van der Waals surface area contributed by atoms with Gasteiger partial charge in [-0.25, -0.2) is 0 Å². The summed E-state index contributed by atoms with van der Waals surface area (Å²) in [4.78, 5) is 15.0. The molecule has 2 N–H and O–H groups in total. The zero-order valence-electron chi connectivity index (χ0n) is 11.3. The van der Waals surface area contributed by atoms with Crippen LogP contribution in [0.25, 0.3) is 11.4 Å². The summed E-state index contributed by atoms with van der Waals surface area (Å²) >= 11 is 0. The van der Waals surface area contributed by atoms with Crippen molar-refractivity contribution >= 4 is 12.1 Å². The number of alkyl halides is 3. The van der Waals surface area contributed by atoms with Crippen LogP contribution < -0.4 is 5.32 Å². The van der Waals surface area contributed by atoms with Crippen LogP contribution in [-0.2, 0) is 6.18 Å². The summed E-state index contributed by atoms with van der Waals surface area (Å²) in [6.07, 6.45) is -3.63. The number of rotatable bonds is 4. The van der Waals surface area contributed by atoms with Gasteiger partial charge in [-0.1, -0.05) is 17.3 Å². The number of nitrogens with zero attached hydrogens (tertiary/aromatic N) is 2. The Balaban J connectivity index is 2.17. The molecule has 0 aliphatic heterocycles. The minimum absolute atomic E-state index is 0.216. The maximum Gasteiger partial charge on any atom is 0.471 e. The third kappa shape index (κ3) is 3.48. The molecular weight excluding hydrogens is 301 g/mol. The fourth-order valence-corrected chi connectivity index (χ4v) is 1.56. The Morgan fingerprint density at radius 2 is 2.00 bits per heavy atom. The summed E-state index contributed by atoms with van der Waals surface area (Å²) in [7, 11) is 0. The van der Waals surface area contributed by atoms with Crippen molar-refractivity contribution in [1.82, 2.24) is 15.5 Å². The van der Waals surface area contributed by atoms with E-state index in [0.29, 0.717) is 5.56 Å². The first-order chi connectivity index (χ1) is 10.3. The van der Waals surface area contributed by atoms with Crippen LogP contribution >= 0.6 is 0 Å². The van der Waals surface area contributed by atoms with E-state index < -0.39 is 24.0 Å². The summed E-state index contributed by atoms with van der Waals surface area (Å²) in [5.74, 6) is -2.04. The van der Waals surface area contributed by atoms with Gasteiger partial charge in [0, 0.05) is 17.3 Å². The van der Waals surface area contributed by atoms with E-state index in [0.717, 1.165) is 6.21 Å². The van der Waals surface area contributed by atoms with Crippen molar-refractivity contribution in [3.63, 3.8) is 0 Å². The summed E-state index contributed by atoms with van der Waals surface area (Å²) in [6.45, 7) is 1.64. The van der Waals surface area contributed by atoms with E-state index >= 15 is 0 Å². The molecule has 9 heteroatoms. The number of halogens is 3. The second-order valence-corrected chi connectivity index (χ2v) is 4.43. The van der Waals surface area contributed by atoms with Crippen molar-refractivity contribution in [2.45, 2.75) is 19.1 Å². The molecule has 0 spiro atoms. The van der Waals surface area contributed by atoms with E-state index in [4.69, 9.17) is 5.41 Å². The van der Waals surface area contributed by atoms with E-state index in [1.807, 2.05) is 0 Å². The lowest BCUT2D eigenvalue weighted by molar-refractivity contribution is -0.159. The Labute approximate surface area is 122 Å². The lowest BCUT2D eigenvalue weighted by Gasteiger charge is -2.08. The molecule has 0 aliphatic rings. The number of carbonyl (C=O) groups is 1. The van der Waals surface area contributed by atoms with Gasteiger partial charge in [0.1, 0.15) is 0 Å². The molecule has 0 saturated carbocycles. The molecule has 6 nitrogen and oxygen atoms in total. The van der Waals surface area contributed by atoms with Gasteiger partial charge in [0.2, 0.25) is 5.82 Å². The normalized spacial score (nSPS) is 12.7. The van der Waals surface area contributed by atoms with Crippen molar-refractivity contribution in [2.75, 3.05) is 0 Å². The van der Waals surface area contributed by atoms with Crippen molar-refractivity contribution in [3.8, 4) is 11.4 Å². The fraction of sp³-hybridized carbons (Fsp3) is 0.231. The van der Waals surface area contributed by atoms with Crippen LogP contribution in [0.4, 0.5) is 13.2 Å². The van der Waals surface area contributed by atoms with E-state index in [9.17, 15) is 18.0 Å². The first-order valence-electron chi connectivity index (χ1n) is 6.14. The average Bonchev–Trinajstić information content (AvgIpc) is 2.97. The minimum Gasteiger partial charge on any atom is -0.345 e. The molecule has 0 radical (unpaired) electrons. The van der Waals surface area contributed by atoms with E-state index in [1.54, 1.807) is 6.92 Å². The highest BCUT2D eigenvalue weighted by Crippen LogP contribution is 2.29. The molecule has 1 amide bonds. The van der Waals surface area contributed by atoms with Gasteiger partial charge in [0.15, 0.2) is 0 Å². The van der Waals surface area contributed by atoms with Crippen LogP contribution in [0.2, 0.25) is 0 Å². The van der Waals surface area contributed by atoms with Crippen molar-refractivity contribution in [3.05, 3.63) is 35.7 Å². The molecule has 2 rings (SSSR count). The van der Waals surface area contributed by atoms with Gasteiger partial charge in [0.25, 0.3) is 5.91 Å². The lowest BCUT2D eigenvalue weighted by atomic mass is 10.1. The molecule has 0 aliphatic carbocycles. The van der Waals surface area contributed by atoms with Crippen LogP contribution in [0, 0.1) is 5.41 Å². The lowest BCUT2D eigenvalue weighted by Crippen LogP contribution is -2.33. The SMILES string of the molecule is CC(C=N)NC(=O)c1ccc(-c2noc(C(F)(F)F)n2)cc1. The highest BCUT2D eigenvalue weighted by Gasteiger charge is 2.38. The van der Waals surface area contributed by atoms with Crippen molar-refractivity contribution in [1.29, 1.82) is 5.41 Å². The Hall–Kier alpha value is -2.71. The van der Waals surface area contributed by atoms with Gasteiger partial charge in [-0.15, -0.1) is 0 Å². The second-order valence-electron chi connectivity index (χ2n) is 4.43. The predicted molar refractivity (Wildman–Crippen MR) is 70.4 cm³/mol. The monoisotopic (exact) mass is 312 g/mol. The molecule has 1 aromatic carbocycles. The average molecular weight is 312 g/mol. The summed E-state index contributed by atoms with van der Waals surface area (Å²) in [5.41, 5.74) is 0.591. The van der Waals surface area contributed by atoms with Crippen molar-refractivity contribution < 1.29 is 22.5 Å². The van der Waals surface area contributed by atoms with E-state index in [-0.39, 0.29) is 11.4 Å². The van der Waals surface area contributed by atoms with Gasteiger partial charge < -0.3 is 15.2 Å². The molecule has 0 saturated heterocycles. The Bertz CT molecular complexity index is 679. The Morgan fingerprint density at radius 1 is 1.36 bits per heavy atom. The largest absolute Gasteiger partial charge is 0.471 e. The molecule has 1 unspecified atom stereocenters. The van der Waals surface area contributed by atoms with Gasteiger partial charge in [-0.3, -0.25) is 4.79 Å². The molecule has 1 heterocycles. The minimum atomic E-state index is -4.70. The fourth-order valence-electron chi connectivity index (χ4n) is 1.56. The molecule has 0 fully saturated rings. The summed E-state index contributed by atoms with van der Waals surface area (Å²) in [5, 5.41) is 12.8. The number of aromatic nitrogens is 2. The number of amides is 1. The predicted octanol–water partition coefficient (Wildman–Crippen LogP) is 2.52. The number of benzene rings is 1. The van der Waals surface area contributed by atoms with Gasteiger partial charge >= 0.3 is 12.1 Å². The number of hydrogen-bond donors (Lipinski definition) is 2. The Morgan fingerprint density at radius 3 is 2.50 bits per heavy atom. The zero-order chi connectivity index (χ0) is 16.3. The summed E-state index contributed by atoms with van der Waals surface area (Å²) in [6, 6.07) is 5.25. The third-order valence-electron chi connectivity index (χ3n) is 2.68. The third-order valence-corrected chi connectivity index (χ3v) is 2.68. The van der Waals surface area contributed by atoms with E-state index in [1.165, 1.54) is 24.3 Å². The topological polar surface area (TPSA) is 91.9 Å². The Kier molecular flexibility index (Phi) is 4.25. The molecule has 116 valence electrons. The highest BCUT2D eigenvalue weighted by atomic mass is 19.4. The maximum absolute atomic E-state index is 12.4. The standard InChI is InChI=1S/C13H11F3N4O2/c1-7(6-17)18-11(21)9-4-2-8(3-5-9)10-19-12(22-20-10)13(14,15)16/h2-7,17H,1H3,(H,18,21). The molecule has 1 atom stereocenters. The van der Waals surface area contributed by atoms with Crippen LogP contribution in [0.3, 0.4) is 0 Å². The molecule has 0 bridgehead atoms. The van der Waals surface area contributed by atoms with Gasteiger partial charge in [-0.2, -0.15) is 18.2 Å². The number of nitrogens with one attached hydrogen (secondary N) is 2. The van der Waals surface area contributed by atoms with Crippen LogP contribution in [0.1, 0.15) is 23.2 Å². The smallest absolute Gasteiger partial charge is 0.345 e. The maximum atomic E-state index is 12.4. The van der Waals surface area contributed by atoms with Crippen LogP contribution in [-0.4, -0.2) is 28.3 Å². The molecule has 1 aromatic heterocycles. The first kappa shape index (κ1) is 15.7. The molecule has 22 heavy (non-hydrogen) atoms. The molecule has 2 aromatic rings. The quantitative estimate of drug-likeness (QED) is 0.849. The summed E-state index contributed by atoms with van der Waals surface area (Å²) < 4.78 is 41.3. The molecular formula is C13H11F3N4O2.